The Balaban J connectivity index is 2.46. The van der Waals surface area contributed by atoms with Gasteiger partial charge in [-0.2, -0.15) is 5.26 Å². The second kappa shape index (κ2) is 7.79. The van der Waals surface area contributed by atoms with Crippen LogP contribution in [0.1, 0.15) is 18.1 Å². The van der Waals surface area contributed by atoms with Crippen molar-refractivity contribution >= 4 is 17.3 Å². The zero-order chi connectivity index (χ0) is 17.5. The van der Waals surface area contributed by atoms with E-state index in [-0.39, 0.29) is 5.69 Å². The fraction of sp³-hybridized carbons (Fsp3) is 0.167. The van der Waals surface area contributed by atoms with Crippen molar-refractivity contribution in [1.29, 1.82) is 5.26 Å². The summed E-state index contributed by atoms with van der Waals surface area (Å²) in [6.07, 6.45) is 1.67. The maximum absolute atomic E-state index is 10.7. The average molecular weight is 324 g/mol. The minimum atomic E-state index is -0.478. The molecule has 6 nitrogen and oxygen atoms in total. The number of allylic oxidation sites excluding steroid dienone is 1. The smallest absolute Gasteiger partial charge is 0.269 e. The lowest BCUT2D eigenvalue weighted by molar-refractivity contribution is -0.384. The van der Waals surface area contributed by atoms with Crippen LogP contribution in [0.2, 0.25) is 0 Å². The standard InChI is InChI=1S/C18H16N2O4/c1-3-24-17-6-4-5-14(18(17)23-2)11-15(12-19)13-7-9-16(10-8-13)20(21)22/h4-11H,3H2,1-2H3. The van der Waals surface area contributed by atoms with Crippen molar-refractivity contribution in [3.8, 4) is 17.6 Å². The number of nitro groups is 1. The first-order valence-electron chi connectivity index (χ1n) is 7.27. The fourth-order valence-electron chi connectivity index (χ4n) is 2.23. The number of nitro benzene ring substituents is 1. The molecule has 6 heteroatoms. The van der Waals surface area contributed by atoms with E-state index in [0.717, 1.165) is 0 Å². The minimum Gasteiger partial charge on any atom is -0.492 e. The highest BCUT2D eigenvalue weighted by Crippen LogP contribution is 2.33. The van der Waals surface area contributed by atoms with E-state index in [1.807, 2.05) is 19.1 Å². The Morgan fingerprint density at radius 2 is 2.00 bits per heavy atom. The number of benzene rings is 2. The summed E-state index contributed by atoms with van der Waals surface area (Å²) in [5.41, 5.74) is 1.63. The van der Waals surface area contributed by atoms with Gasteiger partial charge in [0.15, 0.2) is 11.5 Å². The van der Waals surface area contributed by atoms with Gasteiger partial charge in [0.2, 0.25) is 0 Å². The predicted octanol–water partition coefficient (Wildman–Crippen LogP) is 4.07. The number of para-hydroxylation sites is 1. The SMILES string of the molecule is CCOc1cccc(C=C(C#N)c2ccc([N+](=O)[O-])cc2)c1OC. The van der Waals surface area contributed by atoms with Crippen molar-refractivity contribution in [2.45, 2.75) is 6.92 Å². The summed E-state index contributed by atoms with van der Waals surface area (Å²) in [4.78, 5) is 10.2. The molecular weight excluding hydrogens is 308 g/mol. The summed E-state index contributed by atoms with van der Waals surface area (Å²) in [6, 6.07) is 13.4. The van der Waals surface area contributed by atoms with Crippen molar-refractivity contribution in [2.75, 3.05) is 13.7 Å². The first-order chi connectivity index (χ1) is 11.6. The molecule has 0 atom stereocenters. The molecule has 24 heavy (non-hydrogen) atoms. The van der Waals surface area contributed by atoms with Crippen molar-refractivity contribution < 1.29 is 14.4 Å². The summed E-state index contributed by atoms with van der Waals surface area (Å²) in [6.45, 7) is 2.37. The Kier molecular flexibility index (Phi) is 5.53. The van der Waals surface area contributed by atoms with Crippen LogP contribution in [0.4, 0.5) is 5.69 Å². The van der Waals surface area contributed by atoms with E-state index in [1.54, 1.807) is 24.3 Å². The molecule has 122 valence electrons. The highest BCUT2D eigenvalue weighted by Gasteiger charge is 2.11. The van der Waals surface area contributed by atoms with Crippen LogP contribution in [0, 0.1) is 21.4 Å². The average Bonchev–Trinajstić information content (AvgIpc) is 2.60. The molecule has 0 N–H and O–H groups in total. The van der Waals surface area contributed by atoms with Gasteiger partial charge in [0.1, 0.15) is 0 Å². The number of ether oxygens (including phenoxy) is 2. The summed E-state index contributed by atoms with van der Waals surface area (Å²) in [7, 11) is 1.53. The normalized spacial score (nSPS) is 10.8. The molecule has 0 bridgehead atoms. The Labute approximate surface area is 139 Å². The van der Waals surface area contributed by atoms with Gasteiger partial charge < -0.3 is 9.47 Å². The number of methoxy groups -OCH3 is 1. The monoisotopic (exact) mass is 324 g/mol. The van der Waals surface area contributed by atoms with Gasteiger partial charge in [-0.1, -0.05) is 12.1 Å². The second-order valence-corrected chi connectivity index (χ2v) is 4.79. The maximum atomic E-state index is 10.7. The maximum Gasteiger partial charge on any atom is 0.269 e. The highest BCUT2D eigenvalue weighted by molar-refractivity contribution is 5.91. The third-order valence-electron chi connectivity index (χ3n) is 3.32. The van der Waals surface area contributed by atoms with Crippen LogP contribution in [0.15, 0.2) is 42.5 Å². The molecule has 0 heterocycles. The van der Waals surface area contributed by atoms with Crippen molar-refractivity contribution in [1.82, 2.24) is 0 Å². The van der Waals surface area contributed by atoms with Gasteiger partial charge in [-0.3, -0.25) is 10.1 Å². The van der Waals surface area contributed by atoms with Crippen molar-refractivity contribution in [3.05, 3.63) is 63.7 Å². The second-order valence-electron chi connectivity index (χ2n) is 4.79. The fourth-order valence-corrected chi connectivity index (χ4v) is 2.23. The van der Waals surface area contributed by atoms with E-state index in [0.29, 0.717) is 34.8 Å². The Morgan fingerprint density at radius 1 is 1.29 bits per heavy atom. The van der Waals surface area contributed by atoms with Gasteiger partial charge in [0.25, 0.3) is 5.69 Å². The Morgan fingerprint density at radius 3 is 2.54 bits per heavy atom. The van der Waals surface area contributed by atoms with Crippen molar-refractivity contribution in [3.63, 3.8) is 0 Å². The summed E-state index contributed by atoms with van der Waals surface area (Å²) >= 11 is 0. The number of hydrogen-bond donors (Lipinski definition) is 0. The molecule has 0 aliphatic heterocycles. The molecule has 2 aromatic rings. The number of non-ortho nitro benzene ring substituents is 1. The molecule has 0 aliphatic rings. The van der Waals surface area contributed by atoms with E-state index >= 15 is 0 Å². The van der Waals surface area contributed by atoms with Crippen molar-refractivity contribution in [2.24, 2.45) is 0 Å². The quantitative estimate of drug-likeness (QED) is 0.346. The van der Waals surface area contributed by atoms with Gasteiger partial charge in [-0.15, -0.1) is 0 Å². The van der Waals surface area contributed by atoms with Crippen LogP contribution >= 0.6 is 0 Å². The zero-order valence-electron chi connectivity index (χ0n) is 13.4. The summed E-state index contributed by atoms with van der Waals surface area (Å²) in [5, 5.41) is 20.2. The van der Waals surface area contributed by atoms with Gasteiger partial charge in [0.05, 0.1) is 30.3 Å². The molecule has 0 amide bonds. The van der Waals surface area contributed by atoms with E-state index in [2.05, 4.69) is 6.07 Å². The molecule has 0 unspecified atom stereocenters. The molecule has 2 rings (SSSR count). The molecule has 0 aromatic heterocycles. The molecule has 0 aliphatic carbocycles. The van der Waals surface area contributed by atoms with Crippen LogP contribution in [0.25, 0.3) is 11.6 Å². The number of nitrogens with zero attached hydrogens (tertiary/aromatic N) is 2. The van der Waals surface area contributed by atoms with E-state index < -0.39 is 4.92 Å². The lowest BCUT2D eigenvalue weighted by Gasteiger charge is -2.12. The minimum absolute atomic E-state index is 0.0213. The largest absolute Gasteiger partial charge is 0.492 e. The molecule has 2 aromatic carbocycles. The lowest BCUT2D eigenvalue weighted by Crippen LogP contribution is -1.97. The lowest BCUT2D eigenvalue weighted by atomic mass is 10.0. The number of hydrogen-bond acceptors (Lipinski definition) is 5. The third kappa shape index (κ3) is 3.70. The first kappa shape index (κ1) is 17.0. The predicted molar refractivity (Wildman–Crippen MR) is 90.7 cm³/mol. The van der Waals surface area contributed by atoms with Crippen LogP contribution in [0.5, 0.6) is 11.5 Å². The molecule has 0 fully saturated rings. The third-order valence-corrected chi connectivity index (χ3v) is 3.32. The topological polar surface area (TPSA) is 85.4 Å². The first-order valence-corrected chi connectivity index (χ1v) is 7.27. The van der Waals surface area contributed by atoms with Gasteiger partial charge >= 0.3 is 0 Å². The van der Waals surface area contributed by atoms with Crippen LogP contribution in [-0.2, 0) is 0 Å². The van der Waals surface area contributed by atoms with Crippen LogP contribution in [0.3, 0.4) is 0 Å². The molecule has 0 saturated carbocycles. The molecule has 0 saturated heterocycles. The number of rotatable bonds is 6. The Bertz CT molecular complexity index is 805. The molecular formula is C18H16N2O4. The summed E-state index contributed by atoms with van der Waals surface area (Å²) < 4.78 is 10.9. The van der Waals surface area contributed by atoms with Gasteiger partial charge in [-0.05, 0) is 36.8 Å². The Hall–Kier alpha value is -3.33. The number of nitriles is 1. The summed E-state index contributed by atoms with van der Waals surface area (Å²) in [5.74, 6) is 1.13. The zero-order valence-corrected chi connectivity index (χ0v) is 13.4. The van der Waals surface area contributed by atoms with E-state index in [1.165, 1.54) is 19.2 Å². The highest BCUT2D eigenvalue weighted by atomic mass is 16.6. The van der Waals surface area contributed by atoms with E-state index in [4.69, 9.17) is 9.47 Å². The molecule has 0 radical (unpaired) electrons. The van der Waals surface area contributed by atoms with Crippen LogP contribution < -0.4 is 9.47 Å². The van der Waals surface area contributed by atoms with Gasteiger partial charge in [0, 0.05) is 17.7 Å². The molecule has 0 spiro atoms. The van der Waals surface area contributed by atoms with E-state index in [9.17, 15) is 15.4 Å². The van der Waals surface area contributed by atoms with Gasteiger partial charge in [-0.25, -0.2) is 0 Å². The van der Waals surface area contributed by atoms with Crippen LogP contribution in [-0.4, -0.2) is 18.6 Å².